The number of carbonyl (C=O) groups is 1. The molecule has 2 rings (SSSR count). The molecule has 0 heterocycles. The Balaban J connectivity index is 2.17. The Labute approximate surface area is 120 Å². The molecule has 110 valence electrons. The van der Waals surface area contributed by atoms with E-state index in [4.69, 9.17) is 11.6 Å². The molecule has 6 heteroatoms. The fourth-order valence-corrected chi connectivity index (χ4v) is 2.76. The summed E-state index contributed by atoms with van der Waals surface area (Å²) in [6, 6.07) is 3.42. The Morgan fingerprint density at radius 1 is 1.20 bits per heavy atom. The molecular formula is C14H15ClF3NO. The van der Waals surface area contributed by atoms with E-state index < -0.39 is 22.7 Å². The van der Waals surface area contributed by atoms with Crippen LogP contribution in [0.1, 0.15) is 48.0 Å². The summed E-state index contributed by atoms with van der Waals surface area (Å²) in [5.41, 5.74) is -1.09. The molecule has 1 aromatic carbocycles. The molecule has 1 aliphatic carbocycles. The fraction of sp³-hybridized carbons (Fsp3) is 0.500. The number of hydrogen-bond acceptors (Lipinski definition) is 1. The Morgan fingerprint density at radius 2 is 1.85 bits per heavy atom. The molecular weight excluding hydrogens is 291 g/mol. The van der Waals surface area contributed by atoms with Crippen LogP contribution in [0.15, 0.2) is 18.2 Å². The third-order valence-electron chi connectivity index (χ3n) is 3.49. The van der Waals surface area contributed by atoms with Crippen LogP contribution in [0.4, 0.5) is 13.2 Å². The topological polar surface area (TPSA) is 29.1 Å². The van der Waals surface area contributed by atoms with Gasteiger partial charge in [0.25, 0.3) is 5.91 Å². The summed E-state index contributed by atoms with van der Waals surface area (Å²) in [5, 5.41) is 2.23. The van der Waals surface area contributed by atoms with Gasteiger partial charge in [0.05, 0.1) is 16.1 Å². The molecule has 1 N–H and O–H groups in total. The van der Waals surface area contributed by atoms with Gasteiger partial charge < -0.3 is 5.32 Å². The van der Waals surface area contributed by atoms with Gasteiger partial charge in [0.1, 0.15) is 0 Å². The summed E-state index contributed by atoms with van der Waals surface area (Å²) in [4.78, 5) is 12.1. The van der Waals surface area contributed by atoms with E-state index in [1.165, 1.54) is 12.1 Å². The lowest BCUT2D eigenvalue weighted by Crippen LogP contribution is -2.36. The molecule has 0 radical (unpaired) electrons. The van der Waals surface area contributed by atoms with Crippen molar-refractivity contribution in [2.75, 3.05) is 0 Å². The average molecular weight is 306 g/mol. The van der Waals surface area contributed by atoms with E-state index in [2.05, 4.69) is 5.32 Å². The second kappa shape index (κ2) is 6.04. The number of hydrogen-bond donors (Lipinski definition) is 1. The van der Waals surface area contributed by atoms with Gasteiger partial charge in [-0.25, -0.2) is 0 Å². The van der Waals surface area contributed by atoms with E-state index >= 15 is 0 Å². The minimum absolute atomic E-state index is 0.0295. The first kappa shape index (κ1) is 15.2. The SMILES string of the molecule is O=C(NC1CCCCC1)c1cccc(C(F)(F)F)c1Cl. The van der Waals surface area contributed by atoms with Gasteiger partial charge in [0.2, 0.25) is 0 Å². The van der Waals surface area contributed by atoms with E-state index in [-0.39, 0.29) is 11.6 Å². The van der Waals surface area contributed by atoms with Crippen molar-refractivity contribution in [3.63, 3.8) is 0 Å². The lowest BCUT2D eigenvalue weighted by molar-refractivity contribution is -0.137. The third-order valence-corrected chi connectivity index (χ3v) is 3.90. The maximum absolute atomic E-state index is 12.7. The quantitative estimate of drug-likeness (QED) is 0.861. The highest BCUT2D eigenvalue weighted by molar-refractivity contribution is 6.34. The molecule has 1 aromatic rings. The number of carbonyl (C=O) groups excluding carboxylic acids is 1. The van der Waals surface area contributed by atoms with Gasteiger partial charge in [-0.15, -0.1) is 0 Å². The molecule has 0 aliphatic heterocycles. The van der Waals surface area contributed by atoms with E-state index in [0.717, 1.165) is 38.2 Å². The molecule has 0 bridgehead atoms. The minimum atomic E-state index is -4.56. The highest BCUT2D eigenvalue weighted by Gasteiger charge is 2.34. The van der Waals surface area contributed by atoms with Gasteiger partial charge in [-0.05, 0) is 25.0 Å². The van der Waals surface area contributed by atoms with E-state index in [9.17, 15) is 18.0 Å². The van der Waals surface area contributed by atoms with Gasteiger partial charge in [-0.3, -0.25) is 4.79 Å². The summed E-state index contributed by atoms with van der Waals surface area (Å²) >= 11 is 5.73. The second-order valence-corrected chi connectivity index (χ2v) is 5.35. The molecule has 1 amide bonds. The van der Waals surface area contributed by atoms with Crippen LogP contribution < -0.4 is 5.32 Å². The zero-order chi connectivity index (χ0) is 14.8. The molecule has 0 unspecified atom stereocenters. The molecule has 0 saturated heterocycles. The van der Waals surface area contributed by atoms with Crippen molar-refractivity contribution >= 4 is 17.5 Å². The minimum Gasteiger partial charge on any atom is -0.349 e. The molecule has 0 aromatic heterocycles. The highest BCUT2D eigenvalue weighted by atomic mass is 35.5. The monoisotopic (exact) mass is 305 g/mol. The van der Waals surface area contributed by atoms with Gasteiger partial charge in [-0.1, -0.05) is 36.9 Å². The van der Waals surface area contributed by atoms with Crippen molar-refractivity contribution in [3.8, 4) is 0 Å². The van der Waals surface area contributed by atoms with Crippen LogP contribution in [-0.2, 0) is 6.18 Å². The van der Waals surface area contributed by atoms with Crippen LogP contribution >= 0.6 is 11.6 Å². The van der Waals surface area contributed by atoms with Gasteiger partial charge >= 0.3 is 6.18 Å². The largest absolute Gasteiger partial charge is 0.417 e. The molecule has 2 nitrogen and oxygen atoms in total. The van der Waals surface area contributed by atoms with Crippen molar-refractivity contribution in [1.82, 2.24) is 5.32 Å². The Morgan fingerprint density at radius 3 is 2.45 bits per heavy atom. The van der Waals surface area contributed by atoms with Crippen LogP contribution in [0.2, 0.25) is 5.02 Å². The molecule has 1 aliphatic rings. The number of nitrogens with one attached hydrogen (secondary N) is 1. The Hall–Kier alpha value is -1.23. The Kier molecular flexibility index (Phi) is 4.58. The number of halogens is 4. The molecule has 0 spiro atoms. The first-order valence-corrected chi connectivity index (χ1v) is 6.94. The van der Waals surface area contributed by atoms with E-state index in [1.807, 2.05) is 0 Å². The van der Waals surface area contributed by atoms with Crippen molar-refractivity contribution < 1.29 is 18.0 Å². The zero-order valence-electron chi connectivity index (χ0n) is 10.8. The maximum Gasteiger partial charge on any atom is 0.417 e. The van der Waals surface area contributed by atoms with E-state index in [1.54, 1.807) is 0 Å². The molecule has 0 atom stereocenters. The average Bonchev–Trinajstić information content (AvgIpc) is 2.38. The van der Waals surface area contributed by atoms with Crippen LogP contribution in [0.3, 0.4) is 0 Å². The number of benzene rings is 1. The number of alkyl halides is 3. The summed E-state index contributed by atoms with van der Waals surface area (Å²) in [6.45, 7) is 0. The normalized spacial score (nSPS) is 17.0. The van der Waals surface area contributed by atoms with Crippen LogP contribution in [0.25, 0.3) is 0 Å². The van der Waals surface area contributed by atoms with Crippen LogP contribution in [0, 0.1) is 0 Å². The number of amides is 1. The standard InChI is InChI=1S/C14H15ClF3NO/c15-12-10(7-4-8-11(12)14(16,17)18)13(20)19-9-5-2-1-3-6-9/h4,7-9H,1-3,5-6H2,(H,19,20). The summed E-state index contributed by atoms with van der Waals surface area (Å²) in [5.74, 6) is -0.534. The van der Waals surface area contributed by atoms with Crippen molar-refractivity contribution in [1.29, 1.82) is 0 Å². The lowest BCUT2D eigenvalue weighted by Gasteiger charge is -2.23. The molecule has 20 heavy (non-hydrogen) atoms. The highest BCUT2D eigenvalue weighted by Crippen LogP contribution is 2.36. The van der Waals surface area contributed by atoms with Crippen molar-refractivity contribution in [2.24, 2.45) is 0 Å². The van der Waals surface area contributed by atoms with Gasteiger partial charge in [0.15, 0.2) is 0 Å². The molecule has 1 saturated carbocycles. The zero-order valence-corrected chi connectivity index (χ0v) is 11.5. The summed E-state index contributed by atoms with van der Waals surface area (Å²) in [6.07, 6.45) is 0.363. The fourth-order valence-electron chi connectivity index (χ4n) is 2.44. The molecule has 1 fully saturated rings. The first-order chi connectivity index (χ1) is 9.39. The van der Waals surface area contributed by atoms with Crippen LogP contribution in [0.5, 0.6) is 0 Å². The van der Waals surface area contributed by atoms with E-state index in [0.29, 0.717) is 0 Å². The summed E-state index contributed by atoms with van der Waals surface area (Å²) in [7, 11) is 0. The smallest absolute Gasteiger partial charge is 0.349 e. The second-order valence-electron chi connectivity index (χ2n) is 4.97. The van der Waals surface area contributed by atoms with Crippen molar-refractivity contribution in [3.05, 3.63) is 34.3 Å². The predicted molar refractivity (Wildman–Crippen MR) is 70.8 cm³/mol. The van der Waals surface area contributed by atoms with Crippen LogP contribution in [-0.4, -0.2) is 11.9 Å². The predicted octanol–water partition coefficient (Wildman–Crippen LogP) is 4.42. The number of rotatable bonds is 2. The third kappa shape index (κ3) is 3.45. The maximum atomic E-state index is 12.7. The first-order valence-electron chi connectivity index (χ1n) is 6.56. The Bertz CT molecular complexity index is 496. The lowest BCUT2D eigenvalue weighted by atomic mass is 9.95. The van der Waals surface area contributed by atoms with Crippen molar-refractivity contribution in [2.45, 2.75) is 44.3 Å². The van der Waals surface area contributed by atoms with Gasteiger partial charge in [0, 0.05) is 6.04 Å². The summed E-state index contributed by atoms with van der Waals surface area (Å²) < 4.78 is 38.2. The van der Waals surface area contributed by atoms with Gasteiger partial charge in [-0.2, -0.15) is 13.2 Å².